The third kappa shape index (κ3) is 2.72. The fourth-order valence-electron chi connectivity index (χ4n) is 3.28. The first kappa shape index (κ1) is 15.0. The molecular formula is C18H15BrN4O2. The van der Waals surface area contributed by atoms with Crippen LogP contribution in [0, 0.1) is 0 Å². The van der Waals surface area contributed by atoms with Crippen LogP contribution in [0.25, 0.3) is 11.0 Å². The van der Waals surface area contributed by atoms with Crippen LogP contribution in [0.1, 0.15) is 46.3 Å². The highest BCUT2D eigenvalue weighted by Gasteiger charge is 2.31. The number of amides is 1. The van der Waals surface area contributed by atoms with E-state index in [9.17, 15) is 4.79 Å². The first-order valence-electron chi connectivity index (χ1n) is 8.37. The second-order valence-electron chi connectivity index (χ2n) is 6.66. The lowest BCUT2D eigenvalue weighted by atomic mass is 10.0. The van der Waals surface area contributed by atoms with E-state index in [2.05, 4.69) is 37.1 Å². The van der Waals surface area contributed by atoms with Gasteiger partial charge < -0.3 is 9.42 Å². The van der Waals surface area contributed by atoms with E-state index in [1.165, 1.54) is 0 Å². The standard InChI is InChI=1S/C18H15BrN4O2/c19-13-6-11-5-12-9-23(4-3-14(12)21-17(11)20-8-13)18(24)15-7-16(25-22-15)10-1-2-10/h5-8,10H,1-4,9H2. The van der Waals surface area contributed by atoms with E-state index in [0.717, 1.165) is 51.8 Å². The van der Waals surface area contributed by atoms with Crippen molar-refractivity contribution >= 4 is 32.9 Å². The lowest BCUT2D eigenvalue weighted by Crippen LogP contribution is -2.36. The normalized spacial score (nSPS) is 16.9. The molecule has 1 aliphatic heterocycles. The van der Waals surface area contributed by atoms with Gasteiger partial charge in [0.2, 0.25) is 0 Å². The zero-order valence-corrected chi connectivity index (χ0v) is 15.0. The molecule has 0 N–H and O–H groups in total. The second-order valence-corrected chi connectivity index (χ2v) is 7.58. The summed E-state index contributed by atoms with van der Waals surface area (Å²) >= 11 is 3.44. The highest BCUT2D eigenvalue weighted by Crippen LogP contribution is 2.40. The predicted molar refractivity (Wildman–Crippen MR) is 94.2 cm³/mol. The Bertz CT molecular complexity index is 996. The van der Waals surface area contributed by atoms with Crippen LogP contribution in [0.3, 0.4) is 0 Å². The largest absolute Gasteiger partial charge is 0.360 e. The third-order valence-corrected chi connectivity index (χ3v) is 5.23. The van der Waals surface area contributed by atoms with Crippen molar-refractivity contribution in [3.8, 4) is 0 Å². The van der Waals surface area contributed by atoms with Crippen LogP contribution in [0.2, 0.25) is 0 Å². The van der Waals surface area contributed by atoms with E-state index < -0.39 is 0 Å². The third-order valence-electron chi connectivity index (χ3n) is 4.80. The Balaban J connectivity index is 1.43. The van der Waals surface area contributed by atoms with Gasteiger partial charge in [-0.05, 0) is 46.5 Å². The molecular weight excluding hydrogens is 384 g/mol. The Morgan fingerprint density at radius 2 is 2.16 bits per heavy atom. The Morgan fingerprint density at radius 1 is 1.28 bits per heavy atom. The number of nitrogens with zero attached hydrogens (tertiary/aromatic N) is 4. The summed E-state index contributed by atoms with van der Waals surface area (Å²) in [5.74, 6) is 1.22. The molecule has 7 heteroatoms. The number of rotatable bonds is 2. The van der Waals surface area contributed by atoms with E-state index in [0.29, 0.717) is 24.7 Å². The summed E-state index contributed by atoms with van der Waals surface area (Å²) in [7, 11) is 0. The maximum atomic E-state index is 12.7. The van der Waals surface area contributed by atoms with Crippen LogP contribution in [-0.2, 0) is 13.0 Å². The monoisotopic (exact) mass is 398 g/mol. The molecule has 0 atom stereocenters. The molecule has 0 aromatic carbocycles. The topological polar surface area (TPSA) is 72.1 Å². The minimum atomic E-state index is -0.0752. The summed E-state index contributed by atoms with van der Waals surface area (Å²) in [6.07, 6.45) is 4.73. The van der Waals surface area contributed by atoms with Crippen molar-refractivity contribution < 1.29 is 9.32 Å². The predicted octanol–water partition coefficient (Wildman–Crippen LogP) is 3.46. The van der Waals surface area contributed by atoms with Gasteiger partial charge in [-0.3, -0.25) is 4.79 Å². The number of hydrogen-bond donors (Lipinski definition) is 0. The van der Waals surface area contributed by atoms with Crippen molar-refractivity contribution in [1.29, 1.82) is 0 Å². The number of carbonyl (C=O) groups excluding carboxylic acids is 1. The van der Waals surface area contributed by atoms with Gasteiger partial charge in [0.15, 0.2) is 11.3 Å². The number of hydrogen-bond acceptors (Lipinski definition) is 5. The molecule has 126 valence electrons. The van der Waals surface area contributed by atoms with Gasteiger partial charge in [0, 0.05) is 53.2 Å². The summed E-state index contributed by atoms with van der Waals surface area (Å²) in [4.78, 5) is 23.6. The molecule has 1 amide bonds. The number of aromatic nitrogens is 3. The number of carbonyl (C=O) groups is 1. The lowest BCUT2D eigenvalue weighted by molar-refractivity contribution is 0.0723. The molecule has 6 nitrogen and oxygen atoms in total. The van der Waals surface area contributed by atoms with Crippen LogP contribution >= 0.6 is 15.9 Å². The SMILES string of the molecule is O=C(c1cc(C2CC2)on1)N1CCc2nc3ncc(Br)cc3cc2C1. The Kier molecular flexibility index (Phi) is 3.38. The zero-order valence-electron chi connectivity index (χ0n) is 13.4. The average molecular weight is 399 g/mol. The molecule has 1 fully saturated rings. The number of fused-ring (bicyclic) bond motifs is 2. The molecule has 0 unspecified atom stereocenters. The van der Waals surface area contributed by atoms with Crippen molar-refractivity contribution in [2.24, 2.45) is 0 Å². The molecule has 25 heavy (non-hydrogen) atoms. The highest BCUT2D eigenvalue weighted by molar-refractivity contribution is 9.10. The zero-order chi connectivity index (χ0) is 17.0. The van der Waals surface area contributed by atoms with Crippen molar-refractivity contribution in [1.82, 2.24) is 20.0 Å². The minimum Gasteiger partial charge on any atom is -0.360 e. The molecule has 0 saturated heterocycles. The molecule has 0 spiro atoms. The summed E-state index contributed by atoms with van der Waals surface area (Å²) in [5.41, 5.74) is 3.24. The average Bonchev–Trinajstić information content (AvgIpc) is 3.36. The molecule has 1 aliphatic carbocycles. The molecule has 0 bridgehead atoms. The maximum Gasteiger partial charge on any atom is 0.276 e. The van der Waals surface area contributed by atoms with E-state index in [4.69, 9.17) is 4.52 Å². The van der Waals surface area contributed by atoms with Gasteiger partial charge in [-0.15, -0.1) is 0 Å². The van der Waals surface area contributed by atoms with Crippen LogP contribution in [0.15, 0.2) is 33.4 Å². The van der Waals surface area contributed by atoms with Gasteiger partial charge >= 0.3 is 0 Å². The van der Waals surface area contributed by atoms with Crippen LogP contribution < -0.4 is 0 Å². The molecule has 5 rings (SSSR count). The van der Waals surface area contributed by atoms with Crippen LogP contribution in [-0.4, -0.2) is 32.5 Å². The van der Waals surface area contributed by atoms with Gasteiger partial charge in [-0.1, -0.05) is 5.16 Å². The number of halogens is 1. The molecule has 0 radical (unpaired) electrons. The highest BCUT2D eigenvalue weighted by atomic mass is 79.9. The summed E-state index contributed by atoms with van der Waals surface area (Å²) in [6.45, 7) is 1.17. The molecule has 1 saturated carbocycles. The molecule has 3 aromatic rings. The van der Waals surface area contributed by atoms with E-state index in [1.807, 2.05) is 11.0 Å². The van der Waals surface area contributed by atoms with Gasteiger partial charge in [-0.25, -0.2) is 9.97 Å². The number of pyridine rings is 2. The van der Waals surface area contributed by atoms with Gasteiger partial charge in [0.05, 0.1) is 0 Å². The molecule has 2 aliphatic rings. The van der Waals surface area contributed by atoms with Gasteiger partial charge in [0.25, 0.3) is 5.91 Å². The Labute approximate surface area is 152 Å². The summed E-state index contributed by atoms with van der Waals surface area (Å²) < 4.78 is 6.23. The first-order valence-corrected chi connectivity index (χ1v) is 9.16. The second kappa shape index (κ2) is 5.62. The fourth-order valence-corrected chi connectivity index (χ4v) is 3.63. The van der Waals surface area contributed by atoms with E-state index >= 15 is 0 Å². The first-order chi connectivity index (χ1) is 12.2. The van der Waals surface area contributed by atoms with Crippen molar-refractivity contribution in [3.63, 3.8) is 0 Å². The summed E-state index contributed by atoms with van der Waals surface area (Å²) in [6, 6.07) is 5.87. The van der Waals surface area contributed by atoms with Crippen LogP contribution in [0.4, 0.5) is 0 Å². The van der Waals surface area contributed by atoms with Crippen molar-refractivity contribution in [3.05, 3.63) is 51.6 Å². The van der Waals surface area contributed by atoms with Gasteiger partial charge in [-0.2, -0.15) is 0 Å². The quantitative estimate of drug-likeness (QED) is 0.660. The molecule has 4 heterocycles. The van der Waals surface area contributed by atoms with E-state index in [-0.39, 0.29) is 5.91 Å². The smallest absolute Gasteiger partial charge is 0.276 e. The Morgan fingerprint density at radius 3 is 3.00 bits per heavy atom. The van der Waals surface area contributed by atoms with Gasteiger partial charge in [0.1, 0.15) is 5.76 Å². The maximum absolute atomic E-state index is 12.7. The lowest BCUT2D eigenvalue weighted by Gasteiger charge is -2.27. The van der Waals surface area contributed by atoms with E-state index in [1.54, 1.807) is 12.3 Å². The fraction of sp³-hybridized carbons (Fsp3) is 0.333. The van der Waals surface area contributed by atoms with Crippen LogP contribution in [0.5, 0.6) is 0 Å². The van der Waals surface area contributed by atoms with Crippen molar-refractivity contribution in [2.75, 3.05) is 6.54 Å². The minimum absolute atomic E-state index is 0.0752. The van der Waals surface area contributed by atoms with Crippen molar-refractivity contribution in [2.45, 2.75) is 31.7 Å². The summed E-state index contributed by atoms with van der Waals surface area (Å²) in [5, 5.41) is 4.94. The molecule has 3 aromatic heterocycles. The Hall–Kier alpha value is -2.28.